The predicted octanol–water partition coefficient (Wildman–Crippen LogP) is 4.96. The Morgan fingerprint density at radius 1 is 1.11 bits per heavy atom. The lowest BCUT2D eigenvalue weighted by Crippen LogP contribution is -2.15. The van der Waals surface area contributed by atoms with Crippen LogP contribution < -0.4 is 10.6 Å². The van der Waals surface area contributed by atoms with Crippen LogP contribution in [0.5, 0.6) is 0 Å². The number of nitrogens with one attached hydrogen (secondary N) is 2. The van der Waals surface area contributed by atoms with Gasteiger partial charge in [0, 0.05) is 11.4 Å². The molecule has 1 heterocycles. The molecule has 0 aliphatic rings. The van der Waals surface area contributed by atoms with Gasteiger partial charge in [-0.1, -0.05) is 35.3 Å². The summed E-state index contributed by atoms with van der Waals surface area (Å²) in [5.41, 5.74) is 2.25. The number of aryl methyl sites for hydroxylation is 1. The summed E-state index contributed by atoms with van der Waals surface area (Å²) in [6, 6.07) is 15.3. The van der Waals surface area contributed by atoms with Crippen molar-refractivity contribution in [2.24, 2.45) is 0 Å². The van der Waals surface area contributed by atoms with E-state index in [-0.39, 0.29) is 11.6 Å². The average Bonchev–Trinajstić information content (AvgIpc) is 2.65. The van der Waals surface area contributed by atoms with E-state index in [1.54, 1.807) is 55.5 Å². The molecule has 0 radical (unpaired) electrons. The van der Waals surface area contributed by atoms with Gasteiger partial charge in [0.25, 0.3) is 5.91 Å². The average molecular weight is 398 g/mol. The molecule has 0 spiro atoms. The van der Waals surface area contributed by atoms with E-state index in [1.165, 1.54) is 0 Å². The van der Waals surface area contributed by atoms with E-state index in [4.69, 9.17) is 28.5 Å². The van der Waals surface area contributed by atoms with Gasteiger partial charge >= 0.3 is 0 Å². The predicted molar refractivity (Wildman–Crippen MR) is 106 cm³/mol. The van der Waals surface area contributed by atoms with Gasteiger partial charge in [-0.3, -0.25) is 4.79 Å². The smallest absolute Gasteiger partial charge is 0.274 e. The molecule has 1 aromatic heterocycles. The molecular weight excluding hydrogens is 385 g/mol. The Labute approximate surface area is 165 Å². The van der Waals surface area contributed by atoms with Crippen LogP contribution in [0, 0.1) is 18.3 Å². The molecule has 3 aromatic rings. The van der Waals surface area contributed by atoms with Crippen LogP contribution in [0.1, 0.15) is 21.7 Å². The Bertz CT molecular complexity index is 1060. The first-order valence-corrected chi connectivity index (χ1v) is 8.60. The maximum absolute atomic E-state index is 12.5. The topological polar surface area (TPSA) is 90.7 Å². The standard InChI is InChI=1S/C19H13Cl2N5O/c1-11-8-16(18(27)24-13-5-2-4-12(9-13)10-22)26-19(23-11)25-15-7-3-6-14(20)17(15)21/h2-9H,1H3,(H,24,27)(H,23,25,26). The van der Waals surface area contributed by atoms with E-state index in [9.17, 15) is 4.79 Å². The summed E-state index contributed by atoms with van der Waals surface area (Å²) in [4.78, 5) is 21.0. The van der Waals surface area contributed by atoms with Gasteiger partial charge in [-0.2, -0.15) is 5.26 Å². The largest absolute Gasteiger partial charge is 0.323 e. The number of hydrogen-bond donors (Lipinski definition) is 2. The molecule has 3 rings (SSSR count). The third-order valence-electron chi connectivity index (χ3n) is 3.53. The molecule has 6 nitrogen and oxygen atoms in total. The zero-order chi connectivity index (χ0) is 19.4. The molecule has 2 N–H and O–H groups in total. The van der Waals surface area contributed by atoms with Gasteiger partial charge in [0.1, 0.15) is 5.69 Å². The number of rotatable bonds is 4. The molecular formula is C19H13Cl2N5O. The molecule has 2 aromatic carbocycles. The number of halogens is 2. The van der Waals surface area contributed by atoms with E-state index < -0.39 is 5.91 Å². The lowest BCUT2D eigenvalue weighted by Gasteiger charge is -2.10. The minimum Gasteiger partial charge on any atom is -0.323 e. The maximum Gasteiger partial charge on any atom is 0.274 e. The Hall–Kier alpha value is -3.14. The number of anilines is 3. The fourth-order valence-corrected chi connectivity index (χ4v) is 2.67. The lowest BCUT2D eigenvalue weighted by molar-refractivity contribution is 0.102. The Morgan fingerprint density at radius 2 is 1.89 bits per heavy atom. The summed E-state index contributed by atoms with van der Waals surface area (Å²) in [6.07, 6.45) is 0. The number of nitrogens with zero attached hydrogens (tertiary/aromatic N) is 3. The zero-order valence-corrected chi connectivity index (χ0v) is 15.6. The summed E-state index contributed by atoms with van der Waals surface area (Å²) in [6.45, 7) is 1.75. The molecule has 0 aliphatic heterocycles. The van der Waals surface area contributed by atoms with Crippen molar-refractivity contribution in [2.45, 2.75) is 6.92 Å². The molecule has 27 heavy (non-hydrogen) atoms. The lowest BCUT2D eigenvalue weighted by atomic mass is 10.2. The molecule has 1 amide bonds. The van der Waals surface area contributed by atoms with Crippen molar-refractivity contribution in [1.82, 2.24) is 9.97 Å². The fourth-order valence-electron chi connectivity index (χ4n) is 2.32. The molecule has 0 saturated heterocycles. The number of benzene rings is 2. The summed E-state index contributed by atoms with van der Waals surface area (Å²) in [7, 11) is 0. The van der Waals surface area contributed by atoms with Gasteiger partial charge in [0.2, 0.25) is 5.95 Å². The highest BCUT2D eigenvalue weighted by molar-refractivity contribution is 6.43. The highest BCUT2D eigenvalue weighted by Crippen LogP contribution is 2.31. The normalized spacial score (nSPS) is 10.1. The Balaban J connectivity index is 1.85. The van der Waals surface area contributed by atoms with Crippen LogP contribution in [0.25, 0.3) is 0 Å². The minimum atomic E-state index is -0.421. The summed E-state index contributed by atoms with van der Waals surface area (Å²) >= 11 is 12.2. The van der Waals surface area contributed by atoms with Crippen molar-refractivity contribution in [1.29, 1.82) is 5.26 Å². The van der Waals surface area contributed by atoms with Crippen LogP contribution in [-0.4, -0.2) is 15.9 Å². The van der Waals surface area contributed by atoms with Crippen LogP contribution in [-0.2, 0) is 0 Å². The van der Waals surface area contributed by atoms with Crippen molar-refractivity contribution >= 4 is 46.4 Å². The van der Waals surface area contributed by atoms with Gasteiger partial charge < -0.3 is 10.6 Å². The van der Waals surface area contributed by atoms with Gasteiger partial charge in [0.05, 0.1) is 27.4 Å². The van der Waals surface area contributed by atoms with E-state index in [0.29, 0.717) is 32.7 Å². The van der Waals surface area contributed by atoms with Crippen LogP contribution in [0.2, 0.25) is 10.0 Å². The molecule has 0 saturated carbocycles. The zero-order valence-electron chi connectivity index (χ0n) is 14.1. The number of amides is 1. The van der Waals surface area contributed by atoms with Crippen LogP contribution >= 0.6 is 23.2 Å². The molecule has 0 unspecified atom stereocenters. The Kier molecular flexibility index (Phi) is 5.55. The first kappa shape index (κ1) is 18.6. The van der Waals surface area contributed by atoms with Gasteiger partial charge in [-0.05, 0) is 43.3 Å². The van der Waals surface area contributed by atoms with Crippen LogP contribution in [0.3, 0.4) is 0 Å². The van der Waals surface area contributed by atoms with Crippen molar-refractivity contribution < 1.29 is 4.79 Å². The van der Waals surface area contributed by atoms with Crippen molar-refractivity contribution in [2.75, 3.05) is 10.6 Å². The van der Waals surface area contributed by atoms with E-state index in [2.05, 4.69) is 20.6 Å². The molecule has 8 heteroatoms. The maximum atomic E-state index is 12.5. The molecule has 0 atom stereocenters. The first-order chi connectivity index (χ1) is 13.0. The summed E-state index contributed by atoms with van der Waals surface area (Å²) in [5.74, 6) is -0.203. The fraction of sp³-hybridized carbons (Fsp3) is 0.0526. The third kappa shape index (κ3) is 4.53. The van der Waals surface area contributed by atoms with Crippen molar-refractivity contribution in [3.05, 3.63) is 75.5 Å². The molecule has 0 bridgehead atoms. The highest BCUT2D eigenvalue weighted by atomic mass is 35.5. The SMILES string of the molecule is Cc1cc(C(=O)Nc2cccc(C#N)c2)nc(Nc2cccc(Cl)c2Cl)n1. The van der Waals surface area contributed by atoms with E-state index in [1.807, 2.05) is 6.07 Å². The van der Waals surface area contributed by atoms with Gasteiger partial charge in [0.15, 0.2) is 0 Å². The van der Waals surface area contributed by atoms with Crippen molar-refractivity contribution in [3.8, 4) is 6.07 Å². The second kappa shape index (κ2) is 8.04. The summed E-state index contributed by atoms with van der Waals surface area (Å²) in [5, 5.41) is 15.4. The van der Waals surface area contributed by atoms with Crippen molar-refractivity contribution in [3.63, 3.8) is 0 Å². The third-order valence-corrected chi connectivity index (χ3v) is 4.35. The summed E-state index contributed by atoms with van der Waals surface area (Å²) < 4.78 is 0. The van der Waals surface area contributed by atoms with E-state index >= 15 is 0 Å². The molecule has 134 valence electrons. The van der Waals surface area contributed by atoms with Crippen LogP contribution in [0.4, 0.5) is 17.3 Å². The number of nitriles is 1. The minimum absolute atomic E-state index is 0.172. The van der Waals surface area contributed by atoms with E-state index in [0.717, 1.165) is 0 Å². The number of aromatic nitrogens is 2. The highest BCUT2D eigenvalue weighted by Gasteiger charge is 2.13. The van der Waals surface area contributed by atoms with Crippen LogP contribution in [0.15, 0.2) is 48.5 Å². The number of carbonyl (C=O) groups is 1. The molecule has 0 aliphatic carbocycles. The molecule has 0 fully saturated rings. The Morgan fingerprint density at radius 3 is 2.67 bits per heavy atom. The van der Waals surface area contributed by atoms with Gasteiger partial charge in [-0.15, -0.1) is 0 Å². The second-order valence-corrected chi connectivity index (χ2v) is 6.38. The first-order valence-electron chi connectivity index (χ1n) is 7.84. The monoisotopic (exact) mass is 397 g/mol. The quantitative estimate of drug-likeness (QED) is 0.648. The second-order valence-electron chi connectivity index (χ2n) is 5.59. The number of carbonyl (C=O) groups excluding carboxylic acids is 1. The number of hydrogen-bond acceptors (Lipinski definition) is 5. The van der Waals surface area contributed by atoms with Gasteiger partial charge in [-0.25, -0.2) is 9.97 Å².